The Morgan fingerprint density at radius 1 is 1.20 bits per heavy atom. The average molecular weight is 381 g/mol. The fourth-order valence-electron chi connectivity index (χ4n) is 3.27. The van der Waals surface area contributed by atoms with Crippen LogP contribution in [0.5, 0.6) is 0 Å². The first-order valence-electron chi connectivity index (χ1n) is 8.35. The van der Waals surface area contributed by atoms with Crippen molar-refractivity contribution in [2.75, 3.05) is 16.4 Å². The molecule has 1 aromatic rings. The zero-order valence-corrected chi connectivity index (χ0v) is 16.9. The van der Waals surface area contributed by atoms with Crippen molar-refractivity contribution in [1.29, 1.82) is 0 Å². The van der Waals surface area contributed by atoms with Crippen LogP contribution in [0.4, 0.5) is 5.69 Å². The highest BCUT2D eigenvalue weighted by atomic mass is 32.2. The van der Waals surface area contributed by atoms with Crippen molar-refractivity contribution in [1.82, 2.24) is 0 Å². The van der Waals surface area contributed by atoms with Gasteiger partial charge in [0.25, 0.3) is 5.91 Å². The number of sulfone groups is 1. The van der Waals surface area contributed by atoms with Crippen LogP contribution in [0.2, 0.25) is 0 Å². The van der Waals surface area contributed by atoms with Crippen LogP contribution in [0.3, 0.4) is 0 Å². The zero-order valence-electron chi connectivity index (χ0n) is 15.2. The van der Waals surface area contributed by atoms with Gasteiger partial charge in [0.1, 0.15) is 0 Å². The van der Waals surface area contributed by atoms with E-state index in [0.29, 0.717) is 5.17 Å². The molecule has 0 aliphatic carbocycles. The molecule has 136 valence electrons. The van der Waals surface area contributed by atoms with Gasteiger partial charge in [0, 0.05) is 16.4 Å². The predicted molar refractivity (Wildman–Crippen MR) is 104 cm³/mol. The monoisotopic (exact) mass is 380 g/mol. The molecule has 2 saturated heterocycles. The van der Waals surface area contributed by atoms with E-state index >= 15 is 0 Å². The molecule has 5 nitrogen and oxygen atoms in total. The van der Waals surface area contributed by atoms with Gasteiger partial charge >= 0.3 is 0 Å². The molecular formula is C18H24N2O3S2. The Bertz CT molecular complexity index is 833. The molecule has 0 saturated carbocycles. The van der Waals surface area contributed by atoms with E-state index in [0.717, 1.165) is 16.8 Å². The standard InChI is InChI=1S/C18H24N2O3S2/c1-11-7-6-8-12(2)15(11)20-13-9-25(22,23)10-14(13)24-17(20)19-16(21)18(3,4)5/h6-8,13-14H,9-10H2,1-5H3/t13-,14+/m1/s1. The summed E-state index contributed by atoms with van der Waals surface area (Å²) in [6.45, 7) is 9.54. The van der Waals surface area contributed by atoms with Crippen molar-refractivity contribution in [2.45, 2.75) is 45.9 Å². The lowest BCUT2D eigenvalue weighted by molar-refractivity contribution is -0.124. The quantitative estimate of drug-likeness (QED) is 0.749. The van der Waals surface area contributed by atoms with Crippen molar-refractivity contribution < 1.29 is 13.2 Å². The highest BCUT2D eigenvalue weighted by Crippen LogP contribution is 2.43. The number of benzene rings is 1. The lowest BCUT2D eigenvalue weighted by atomic mass is 9.96. The molecule has 25 heavy (non-hydrogen) atoms. The molecule has 2 heterocycles. The molecule has 0 spiro atoms. The second-order valence-electron chi connectivity index (χ2n) is 7.86. The van der Waals surface area contributed by atoms with Crippen molar-refractivity contribution >= 4 is 38.4 Å². The third kappa shape index (κ3) is 3.49. The van der Waals surface area contributed by atoms with Gasteiger partial charge in [0.15, 0.2) is 15.0 Å². The van der Waals surface area contributed by atoms with E-state index in [1.54, 1.807) is 0 Å². The summed E-state index contributed by atoms with van der Waals surface area (Å²) in [5.74, 6) is 0.0716. The topological polar surface area (TPSA) is 66.8 Å². The average Bonchev–Trinajstić information content (AvgIpc) is 2.90. The van der Waals surface area contributed by atoms with Crippen molar-refractivity contribution in [3.05, 3.63) is 29.3 Å². The molecule has 2 atom stereocenters. The summed E-state index contributed by atoms with van der Waals surface area (Å²) in [7, 11) is -3.05. The first-order valence-corrected chi connectivity index (χ1v) is 11.1. The molecule has 0 bridgehead atoms. The van der Waals surface area contributed by atoms with Gasteiger partial charge < -0.3 is 4.90 Å². The number of aryl methyl sites for hydroxylation is 2. The van der Waals surface area contributed by atoms with Crippen LogP contribution in [0.1, 0.15) is 31.9 Å². The lowest BCUT2D eigenvalue weighted by Gasteiger charge is -2.28. The SMILES string of the molecule is Cc1cccc(C)c1N1C(=NC(=O)C(C)(C)C)S[C@H]2CS(=O)(=O)C[C@H]21. The second kappa shape index (κ2) is 6.13. The van der Waals surface area contributed by atoms with Gasteiger partial charge in [-0.25, -0.2) is 8.42 Å². The third-order valence-electron chi connectivity index (χ3n) is 4.59. The van der Waals surface area contributed by atoms with E-state index in [1.807, 2.05) is 57.7 Å². The summed E-state index contributed by atoms with van der Waals surface area (Å²) in [6, 6.07) is 5.83. The smallest absolute Gasteiger partial charge is 0.253 e. The zero-order chi connectivity index (χ0) is 18.6. The predicted octanol–water partition coefficient (Wildman–Crippen LogP) is 2.95. The van der Waals surface area contributed by atoms with Crippen LogP contribution in [-0.2, 0) is 14.6 Å². The molecule has 7 heteroatoms. The molecule has 2 aliphatic heterocycles. The van der Waals surface area contributed by atoms with E-state index in [4.69, 9.17) is 0 Å². The number of hydrogen-bond donors (Lipinski definition) is 0. The number of hydrogen-bond acceptors (Lipinski definition) is 4. The summed E-state index contributed by atoms with van der Waals surface area (Å²) in [5, 5.41) is 0.553. The summed E-state index contributed by atoms with van der Waals surface area (Å²) in [6.07, 6.45) is 0. The maximum atomic E-state index is 12.5. The number of aliphatic imine (C=N–C) groups is 1. The van der Waals surface area contributed by atoms with Crippen molar-refractivity contribution in [3.63, 3.8) is 0 Å². The first-order chi connectivity index (χ1) is 11.5. The van der Waals surface area contributed by atoms with Gasteiger partial charge in [-0.2, -0.15) is 4.99 Å². The number of amidine groups is 1. The summed E-state index contributed by atoms with van der Waals surface area (Å²) in [4.78, 5) is 18.9. The number of nitrogens with zero attached hydrogens (tertiary/aromatic N) is 2. The molecule has 0 radical (unpaired) electrons. The number of carbonyl (C=O) groups excluding carboxylic acids is 1. The van der Waals surface area contributed by atoms with Crippen LogP contribution in [-0.4, -0.2) is 42.3 Å². The molecule has 0 aromatic heterocycles. The summed E-state index contributed by atoms with van der Waals surface area (Å²) in [5.41, 5.74) is 2.52. The molecule has 1 aromatic carbocycles. The minimum Gasteiger partial charge on any atom is -0.315 e. The molecular weight excluding hydrogens is 356 g/mol. The Morgan fingerprint density at radius 2 is 1.80 bits per heavy atom. The normalized spacial score (nSPS) is 26.9. The molecule has 2 aliphatic rings. The van der Waals surface area contributed by atoms with E-state index in [9.17, 15) is 13.2 Å². The van der Waals surface area contributed by atoms with Gasteiger partial charge in [0.2, 0.25) is 0 Å². The number of para-hydroxylation sites is 1. The largest absolute Gasteiger partial charge is 0.315 e. The number of anilines is 1. The highest BCUT2D eigenvalue weighted by Gasteiger charge is 2.50. The van der Waals surface area contributed by atoms with Crippen LogP contribution >= 0.6 is 11.8 Å². The minimum absolute atomic E-state index is 0.0736. The van der Waals surface area contributed by atoms with Crippen LogP contribution in [0.15, 0.2) is 23.2 Å². The van der Waals surface area contributed by atoms with Gasteiger partial charge in [-0.05, 0) is 25.0 Å². The number of carbonyl (C=O) groups is 1. The third-order valence-corrected chi connectivity index (χ3v) is 7.80. The maximum absolute atomic E-state index is 12.5. The summed E-state index contributed by atoms with van der Waals surface area (Å²) < 4.78 is 24.3. The number of thioether (sulfide) groups is 1. The van der Waals surface area contributed by atoms with E-state index in [-0.39, 0.29) is 28.7 Å². The summed E-state index contributed by atoms with van der Waals surface area (Å²) >= 11 is 1.42. The molecule has 3 rings (SSSR count). The van der Waals surface area contributed by atoms with E-state index < -0.39 is 15.3 Å². The van der Waals surface area contributed by atoms with Crippen LogP contribution in [0, 0.1) is 19.3 Å². The molecule has 0 N–H and O–H groups in total. The fraction of sp³-hybridized carbons (Fsp3) is 0.556. The number of amides is 1. The van der Waals surface area contributed by atoms with Gasteiger partial charge in [-0.1, -0.05) is 50.7 Å². The number of rotatable bonds is 1. The van der Waals surface area contributed by atoms with Gasteiger partial charge in [-0.15, -0.1) is 0 Å². The van der Waals surface area contributed by atoms with Crippen molar-refractivity contribution in [2.24, 2.45) is 10.4 Å². The van der Waals surface area contributed by atoms with Crippen LogP contribution < -0.4 is 4.90 Å². The Kier molecular flexibility index (Phi) is 4.52. The molecule has 1 amide bonds. The Balaban J connectivity index is 2.11. The minimum atomic E-state index is -3.05. The number of fused-ring (bicyclic) bond motifs is 1. The Hall–Kier alpha value is -1.34. The first kappa shape index (κ1) is 18.5. The molecule has 0 unspecified atom stereocenters. The van der Waals surface area contributed by atoms with Gasteiger partial charge in [0.05, 0.1) is 17.5 Å². The fourth-order valence-corrected chi connectivity index (χ4v) is 7.16. The van der Waals surface area contributed by atoms with Crippen LogP contribution in [0.25, 0.3) is 0 Å². The van der Waals surface area contributed by atoms with E-state index in [1.165, 1.54) is 11.8 Å². The van der Waals surface area contributed by atoms with E-state index in [2.05, 4.69) is 4.99 Å². The van der Waals surface area contributed by atoms with Crippen molar-refractivity contribution in [3.8, 4) is 0 Å². The second-order valence-corrected chi connectivity index (χ2v) is 11.2. The Labute approximate surface area is 153 Å². The Morgan fingerprint density at radius 3 is 2.36 bits per heavy atom. The maximum Gasteiger partial charge on any atom is 0.253 e. The molecule has 2 fully saturated rings. The lowest BCUT2D eigenvalue weighted by Crippen LogP contribution is -2.39. The van der Waals surface area contributed by atoms with Gasteiger partial charge in [-0.3, -0.25) is 4.79 Å². The highest BCUT2D eigenvalue weighted by molar-refractivity contribution is 8.16.